The lowest BCUT2D eigenvalue weighted by molar-refractivity contribution is 0.210. The van der Waals surface area contributed by atoms with Crippen LogP contribution in [0.2, 0.25) is 0 Å². The second-order valence-electron chi connectivity index (χ2n) is 2.75. The highest BCUT2D eigenvalue weighted by Gasteiger charge is 1.99. The van der Waals surface area contributed by atoms with Gasteiger partial charge < -0.3 is 10.1 Å². The Kier molecular flexibility index (Phi) is 3.83. The van der Waals surface area contributed by atoms with Crippen LogP contribution in [-0.2, 0) is 4.74 Å². The van der Waals surface area contributed by atoms with Crippen molar-refractivity contribution in [3.05, 3.63) is 17.5 Å². The van der Waals surface area contributed by atoms with Gasteiger partial charge in [0.15, 0.2) is 0 Å². The normalized spacial score (nSPS) is 9.50. The van der Waals surface area contributed by atoms with Crippen molar-refractivity contribution in [2.75, 3.05) is 25.6 Å². The first-order valence-electron chi connectivity index (χ1n) is 4.25. The summed E-state index contributed by atoms with van der Waals surface area (Å²) in [6.45, 7) is 3.04. The van der Waals surface area contributed by atoms with Gasteiger partial charge in [-0.1, -0.05) is 0 Å². The second-order valence-corrected chi connectivity index (χ2v) is 2.75. The summed E-state index contributed by atoms with van der Waals surface area (Å²) in [6.07, 6.45) is 0. The minimum absolute atomic E-state index is 0.373. The summed E-state index contributed by atoms with van der Waals surface area (Å²) in [4.78, 5) is 8.11. The van der Waals surface area contributed by atoms with Crippen LogP contribution in [0.4, 0.5) is 5.95 Å². The van der Waals surface area contributed by atoms with Crippen molar-refractivity contribution >= 4 is 5.95 Å². The van der Waals surface area contributed by atoms with Gasteiger partial charge in [-0.3, -0.25) is 0 Å². The van der Waals surface area contributed by atoms with Crippen LogP contribution in [0, 0.1) is 18.3 Å². The highest BCUT2D eigenvalue weighted by Crippen LogP contribution is 2.02. The lowest BCUT2D eigenvalue weighted by atomic mass is 10.3. The van der Waals surface area contributed by atoms with Crippen molar-refractivity contribution in [3.63, 3.8) is 0 Å². The summed E-state index contributed by atoms with van der Waals surface area (Å²) in [5.41, 5.74) is 1.15. The van der Waals surface area contributed by atoms with Crippen molar-refractivity contribution in [1.82, 2.24) is 9.97 Å². The van der Waals surface area contributed by atoms with E-state index < -0.39 is 0 Å². The fraction of sp³-hybridized carbons (Fsp3) is 0.444. The Balaban J connectivity index is 2.68. The monoisotopic (exact) mass is 192 g/mol. The number of nitrogens with one attached hydrogen (secondary N) is 1. The summed E-state index contributed by atoms with van der Waals surface area (Å²) in [5.74, 6) is 0.471. The van der Waals surface area contributed by atoms with E-state index in [0.29, 0.717) is 24.8 Å². The molecule has 1 heterocycles. The van der Waals surface area contributed by atoms with Gasteiger partial charge in [-0.15, -0.1) is 0 Å². The number of ether oxygens (including phenoxy) is 1. The molecule has 0 aliphatic heterocycles. The molecule has 0 aliphatic carbocycles. The summed E-state index contributed by atoms with van der Waals surface area (Å²) in [6, 6.07) is 3.62. The molecule has 0 atom stereocenters. The topological polar surface area (TPSA) is 70.8 Å². The molecule has 0 aromatic carbocycles. The Labute approximate surface area is 82.8 Å². The highest BCUT2D eigenvalue weighted by molar-refractivity contribution is 5.32. The Hall–Kier alpha value is -1.67. The molecule has 5 nitrogen and oxygen atoms in total. The van der Waals surface area contributed by atoms with Crippen LogP contribution < -0.4 is 5.32 Å². The maximum Gasteiger partial charge on any atom is 0.224 e. The SMILES string of the molecule is COCCNc1nc(C)cc(C#N)n1. The fourth-order valence-corrected chi connectivity index (χ4v) is 0.970. The van der Waals surface area contributed by atoms with Crippen LogP contribution >= 0.6 is 0 Å². The van der Waals surface area contributed by atoms with E-state index in [9.17, 15) is 0 Å². The van der Waals surface area contributed by atoms with Gasteiger partial charge in [0.05, 0.1) is 6.61 Å². The second kappa shape index (κ2) is 5.14. The van der Waals surface area contributed by atoms with E-state index in [0.717, 1.165) is 5.69 Å². The molecule has 5 heteroatoms. The summed E-state index contributed by atoms with van der Waals surface area (Å²) >= 11 is 0. The number of methoxy groups -OCH3 is 1. The number of anilines is 1. The number of rotatable bonds is 4. The molecule has 0 saturated carbocycles. The van der Waals surface area contributed by atoms with E-state index in [1.165, 1.54) is 0 Å². The quantitative estimate of drug-likeness (QED) is 0.711. The largest absolute Gasteiger partial charge is 0.383 e. The Bertz CT molecular complexity index is 345. The van der Waals surface area contributed by atoms with E-state index in [-0.39, 0.29) is 0 Å². The van der Waals surface area contributed by atoms with Gasteiger partial charge in [0, 0.05) is 19.3 Å². The first-order valence-corrected chi connectivity index (χ1v) is 4.25. The standard InChI is InChI=1S/C9H12N4O/c1-7-5-8(6-10)13-9(12-7)11-3-4-14-2/h5H,3-4H2,1-2H3,(H,11,12,13). The van der Waals surface area contributed by atoms with Crippen LogP contribution in [0.1, 0.15) is 11.4 Å². The fourth-order valence-electron chi connectivity index (χ4n) is 0.970. The average molecular weight is 192 g/mol. The van der Waals surface area contributed by atoms with Gasteiger partial charge in [0.25, 0.3) is 0 Å². The molecule has 1 N–H and O–H groups in total. The molecule has 0 unspecified atom stereocenters. The maximum absolute atomic E-state index is 8.67. The van der Waals surface area contributed by atoms with Gasteiger partial charge in [-0.25, -0.2) is 9.97 Å². The third-order valence-electron chi connectivity index (χ3n) is 1.56. The number of nitriles is 1. The molecule has 0 saturated heterocycles. The van der Waals surface area contributed by atoms with Crippen molar-refractivity contribution < 1.29 is 4.74 Å². The molecule has 0 bridgehead atoms. The van der Waals surface area contributed by atoms with Gasteiger partial charge in [0.2, 0.25) is 5.95 Å². The molecular formula is C9H12N4O. The van der Waals surface area contributed by atoms with Gasteiger partial charge in [0.1, 0.15) is 11.8 Å². The van der Waals surface area contributed by atoms with Crippen molar-refractivity contribution in [2.45, 2.75) is 6.92 Å². The third kappa shape index (κ3) is 2.99. The number of aryl methyl sites for hydroxylation is 1. The minimum Gasteiger partial charge on any atom is -0.383 e. The Morgan fingerprint density at radius 2 is 2.36 bits per heavy atom. The third-order valence-corrected chi connectivity index (χ3v) is 1.56. The highest BCUT2D eigenvalue weighted by atomic mass is 16.5. The first-order chi connectivity index (χ1) is 6.76. The van der Waals surface area contributed by atoms with Crippen molar-refractivity contribution in [3.8, 4) is 6.07 Å². The predicted molar refractivity (Wildman–Crippen MR) is 51.8 cm³/mol. The molecule has 14 heavy (non-hydrogen) atoms. The van der Waals surface area contributed by atoms with E-state index in [4.69, 9.17) is 10.00 Å². The first kappa shape index (κ1) is 10.4. The molecule has 0 spiro atoms. The minimum atomic E-state index is 0.373. The molecule has 74 valence electrons. The van der Waals surface area contributed by atoms with E-state index >= 15 is 0 Å². The Morgan fingerprint density at radius 1 is 1.57 bits per heavy atom. The molecule has 0 fully saturated rings. The number of hydrogen-bond acceptors (Lipinski definition) is 5. The van der Waals surface area contributed by atoms with Crippen LogP contribution in [-0.4, -0.2) is 30.2 Å². The van der Waals surface area contributed by atoms with Gasteiger partial charge >= 0.3 is 0 Å². The lowest BCUT2D eigenvalue weighted by Crippen LogP contribution is -2.11. The van der Waals surface area contributed by atoms with Gasteiger partial charge in [-0.2, -0.15) is 5.26 Å². The molecule has 1 rings (SSSR count). The Morgan fingerprint density at radius 3 is 3.00 bits per heavy atom. The van der Waals surface area contributed by atoms with Crippen molar-refractivity contribution in [1.29, 1.82) is 5.26 Å². The predicted octanol–water partition coefficient (Wildman–Crippen LogP) is 0.715. The molecule has 0 radical (unpaired) electrons. The van der Waals surface area contributed by atoms with Crippen LogP contribution in [0.3, 0.4) is 0 Å². The van der Waals surface area contributed by atoms with Gasteiger partial charge in [-0.05, 0) is 13.0 Å². The van der Waals surface area contributed by atoms with E-state index in [2.05, 4.69) is 15.3 Å². The summed E-state index contributed by atoms with van der Waals surface area (Å²) in [7, 11) is 1.62. The zero-order valence-electron chi connectivity index (χ0n) is 8.24. The number of nitrogens with zero attached hydrogens (tertiary/aromatic N) is 3. The maximum atomic E-state index is 8.67. The molecule has 0 amide bonds. The number of aromatic nitrogens is 2. The average Bonchev–Trinajstić information content (AvgIpc) is 2.17. The van der Waals surface area contributed by atoms with Crippen LogP contribution in [0.25, 0.3) is 0 Å². The lowest BCUT2D eigenvalue weighted by Gasteiger charge is -2.04. The van der Waals surface area contributed by atoms with Crippen LogP contribution in [0.15, 0.2) is 6.07 Å². The zero-order chi connectivity index (χ0) is 10.4. The smallest absolute Gasteiger partial charge is 0.224 e. The number of hydrogen-bond donors (Lipinski definition) is 1. The van der Waals surface area contributed by atoms with E-state index in [1.807, 2.05) is 13.0 Å². The summed E-state index contributed by atoms with van der Waals surface area (Å²) in [5, 5.41) is 11.6. The summed E-state index contributed by atoms with van der Waals surface area (Å²) < 4.78 is 4.87. The molecular weight excluding hydrogens is 180 g/mol. The molecule has 1 aromatic rings. The molecule has 1 aromatic heterocycles. The van der Waals surface area contributed by atoms with Crippen LogP contribution in [0.5, 0.6) is 0 Å². The molecule has 0 aliphatic rings. The zero-order valence-corrected chi connectivity index (χ0v) is 8.24. The van der Waals surface area contributed by atoms with Crippen molar-refractivity contribution in [2.24, 2.45) is 0 Å². The van der Waals surface area contributed by atoms with E-state index in [1.54, 1.807) is 13.2 Å².